The van der Waals surface area contributed by atoms with Crippen LogP contribution in [0.15, 0.2) is 48.5 Å². The fourth-order valence-electron chi connectivity index (χ4n) is 3.90. The van der Waals surface area contributed by atoms with Crippen LogP contribution in [-0.4, -0.2) is 39.9 Å². The summed E-state index contributed by atoms with van der Waals surface area (Å²) in [5, 5.41) is 7.40. The summed E-state index contributed by atoms with van der Waals surface area (Å²) >= 11 is 0. The highest BCUT2D eigenvalue weighted by Crippen LogP contribution is 2.41. The SMILES string of the molecule is CCC(C)Oc1c(OC)cc(/C=C/c2ccc(/C=C/c3cc(OC)c(OC(C)CC)c(OC=N)c3)cc2)cc1OC. The van der Waals surface area contributed by atoms with Crippen molar-refractivity contribution in [3.63, 3.8) is 0 Å². The highest BCUT2D eigenvalue weighted by Gasteiger charge is 2.17. The molecule has 0 aromatic heterocycles. The fraction of sp³-hybridized carbons (Fsp3) is 0.324. The summed E-state index contributed by atoms with van der Waals surface area (Å²) in [6, 6.07) is 15.8. The van der Waals surface area contributed by atoms with Gasteiger partial charge in [-0.3, -0.25) is 5.41 Å². The predicted octanol–water partition coefficient (Wildman–Crippen LogP) is 8.39. The average molecular weight is 560 g/mol. The van der Waals surface area contributed by atoms with Gasteiger partial charge in [-0.2, -0.15) is 0 Å². The van der Waals surface area contributed by atoms with Gasteiger partial charge in [0.15, 0.2) is 29.4 Å². The number of methoxy groups -OCH3 is 3. The number of hydrogen-bond acceptors (Lipinski definition) is 7. The lowest BCUT2D eigenvalue weighted by Gasteiger charge is -2.18. The first-order valence-electron chi connectivity index (χ1n) is 13.8. The van der Waals surface area contributed by atoms with Crippen molar-refractivity contribution in [2.24, 2.45) is 0 Å². The number of rotatable bonds is 15. The van der Waals surface area contributed by atoms with Gasteiger partial charge in [-0.05, 0) is 73.2 Å². The van der Waals surface area contributed by atoms with Crippen LogP contribution in [0, 0.1) is 5.41 Å². The van der Waals surface area contributed by atoms with Crippen molar-refractivity contribution in [3.8, 4) is 34.5 Å². The van der Waals surface area contributed by atoms with E-state index in [1.807, 2.05) is 81.5 Å². The molecule has 1 N–H and O–H groups in total. The molecule has 0 amide bonds. The molecular formula is C34H41NO6. The third-order valence-electron chi connectivity index (χ3n) is 6.59. The van der Waals surface area contributed by atoms with Gasteiger partial charge in [-0.1, -0.05) is 62.4 Å². The average Bonchev–Trinajstić information content (AvgIpc) is 3.00. The summed E-state index contributed by atoms with van der Waals surface area (Å²) in [5.74, 6) is 3.37. The van der Waals surface area contributed by atoms with E-state index in [2.05, 4.69) is 19.1 Å². The van der Waals surface area contributed by atoms with Crippen molar-refractivity contribution in [1.29, 1.82) is 5.41 Å². The van der Waals surface area contributed by atoms with Crippen LogP contribution in [0.3, 0.4) is 0 Å². The Morgan fingerprint density at radius 3 is 1.27 bits per heavy atom. The first kappa shape index (κ1) is 31.1. The lowest BCUT2D eigenvalue weighted by Crippen LogP contribution is -2.11. The minimum Gasteiger partial charge on any atom is -0.493 e. The molecule has 218 valence electrons. The third-order valence-corrected chi connectivity index (χ3v) is 6.59. The van der Waals surface area contributed by atoms with E-state index < -0.39 is 0 Å². The van der Waals surface area contributed by atoms with Crippen molar-refractivity contribution in [2.75, 3.05) is 21.3 Å². The standard InChI is InChI=1S/C34H41NO6/c1-8-23(3)40-33-29(36-5)18-27(19-30(33)37-6)16-14-25-10-12-26(13-11-25)15-17-28-20-31(38-7)34(41-24(4)9-2)32(21-28)39-22-35/h10-24,35H,8-9H2,1-7H3/b16-14+,17-15+,35-22?. The molecule has 3 aromatic carbocycles. The highest BCUT2D eigenvalue weighted by atomic mass is 16.5. The largest absolute Gasteiger partial charge is 0.493 e. The molecule has 0 bridgehead atoms. The summed E-state index contributed by atoms with van der Waals surface area (Å²) < 4.78 is 34.2. The summed E-state index contributed by atoms with van der Waals surface area (Å²) in [5.41, 5.74) is 3.89. The summed E-state index contributed by atoms with van der Waals surface area (Å²) in [7, 11) is 4.85. The quantitative estimate of drug-likeness (QED) is 0.114. The lowest BCUT2D eigenvalue weighted by atomic mass is 10.1. The maximum atomic E-state index is 7.40. The molecular weight excluding hydrogens is 518 g/mol. The van der Waals surface area contributed by atoms with Gasteiger partial charge in [0, 0.05) is 0 Å². The number of hydrogen-bond donors (Lipinski definition) is 1. The molecule has 0 spiro atoms. The first-order chi connectivity index (χ1) is 19.8. The molecule has 2 unspecified atom stereocenters. The maximum absolute atomic E-state index is 7.40. The molecule has 7 heteroatoms. The Hall–Kier alpha value is -4.39. The Morgan fingerprint density at radius 2 is 0.927 bits per heavy atom. The Bertz CT molecular complexity index is 1320. The Labute approximate surface area is 243 Å². The molecule has 2 atom stereocenters. The molecule has 0 heterocycles. The van der Waals surface area contributed by atoms with Gasteiger partial charge in [0.1, 0.15) is 0 Å². The fourth-order valence-corrected chi connectivity index (χ4v) is 3.90. The molecule has 41 heavy (non-hydrogen) atoms. The van der Waals surface area contributed by atoms with E-state index in [1.54, 1.807) is 21.3 Å². The van der Waals surface area contributed by atoms with Crippen molar-refractivity contribution in [3.05, 3.63) is 70.8 Å². The second kappa shape index (κ2) is 15.4. The van der Waals surface area contributed by atoms with Gasteiger partial charge in [-0.25, -0.2) is 0 Å². The minimum atomic E-state index is -0.0158. The van der Waals surface area contributed by atoms with Gasteiger partial charge in [0.25, 0.3) is 0 Å². The van der Waals surface area contributed by atoms with Crippen LogP contribution in [-0.2, 0) is 0 Å². The molecule has 0 saturated heterocycles. The van der Waals surface area contributed by atoms with Crippen LogP contribution in [0.1, 0.15) is 62.8 Å². The van der Waals surface area contributed by atoms with Crippen molar-refractivity contribution >= 4 is 30.7 Å². The van der Waals surface area contributed by atoms with E-state index in [-0.39, 0.29) is 12.2 Å². The topological polar surface area (TPSA) is 79.2 Å². The highest BCUT2D eigenvalue weighted by molar-refractivity contribution is 5.76. The first-order valence-corrected chi connectivity index (χ1v) is 13.8. The molecule has 0 saturated carbocycles. The van der Waals surface area contributed by atoms with E-state index in [0.29, 0.717) is 34.5 Å². The van der Waals surface area contributed by atoms with Crippen LogP contribution in [0.4, 0.5) is 0 Å². The summed E-state index contributed by atoms with van der Waals surface area (Å²) in [4.78, 5) is 0. The predicted molar refractivity (Wildman–Crippen MR) is 167 cm³/mol. The summed E-state index contributed by atoms with van der Waals surface area (Å²) in [6.45, 7) is 8.12. The van der Waals surface area contributed by atoms with Gasteiger partial charge < -0.3 is 28.4 Å². The molecule has 0 aliphatic heterocycles. The smallest absolute Gasteiger partial charge is 0.204 e. The molecule has 0 radical (unpaired) electrons. The van der Waals surface area contributed by atoms with Crippen molar-refractivity contribution < 1.29 is 28.4 Å². The zero-order valence-corrected chi connectivity index (χ0v) is 25.0. The second-order valence-corrected chi connectivity index (χ2v) is 9.55. The van der Waals surface area contributed by atoms with E-state index in [4.69, 9.17) is 33.8 Å². The van der Waals surface area contributed by atoms with Crippen molar-refractivity contribution in [1.82, 2.24) is 0 Å². The monoisotopic (exact) mass is 559 g/mol. The van der Waals surface area contributed by atoms with E-state index in [0.717, 1.165) is 41.5 Å². The van der Waals surface area contributed by atoms with E-state index >= 15 is 0 Å². The van der Waals surface area contributed by atoms with Crippen LogP contribution >= 0.6 is 0 Å². The van der Waals surface area contributed by atoms with Crippen LogP contribution in [0.5, 0.6) is 34.5 Å². The molecule has 3 aromatic rings. The van der Waals surface area contributed by atoms with Gasteiger partial charge in [-0.15, -0.1) is 0 Å². The Morgan fingerprint density at radius 1 is 0.585 bits per heavy atom. The van der Waals surface area contributed by atoms with Crippen LogP contribution in [0.2, 0.25) is 0 Å². The van der Waals surface area contributed by atoms with E-state index in [9.17, 15) is 0 Å². The zero-order valence-electron chi connectivity index (χ0n) is 25.0. The molecule has 0 aliphatic rings. The summed E-state index contributed by atoms with van der Waals surface area (Å²) in [6.07, 6.45) is 10.7. The molecule has 0 fully saturated rings. The van der Waals surface area contributed by atoms with Gasteiger partial charge in [0.05, 0.1) is 33.5 Å². The molecule has 0 aliphatic carbocycles. The van der Waals surface area contributed by atoms with Crippen LogP contribution in [0.25, 0.3) is 24.3 Å². The number of ether oxygens (including phenoxy) is 6. The molecule has 3 rings (SSSR count). The number of nitrogens with one attached hydrogen (secondary N) is 1. The van der Waals surface area contributed by atoms with Gasteiger partial charge in [0.2, 0.25) is 11.5 Å². The molecule has 7 nitrogen and oxygen atoms in total. The third kappa shape index (κ3) is 8.55. The maximum Gasteiger partial charge on any atom is 0.204 e. The van der Waals surface area contributed by atoms with Gasteiger partial charge >= 0.3 is 0 Å². The second-order valence-electron chi connectivity index (χ2n) is 9.55. The van der Waals surface area contributed by atoms with Crippen LogP contribution < -0.4 is 28.4 Å². The number of benzene rings is 3. The Kier molecular flexibility index (Phi) is 11.7. The van der Waals surface area contributed by atoms with E-state index in [1.165, 1.54) is 0 Å². The minimum absolute atomic E-state index is 0.0158. The lowest BCUT2D eigenvalue weighted by molar-refractivity contribution is 0.198. The normalized spacial score (nSPS) is 12.7. The zero-order chi connectivity index (χ0) is 29.8. The Balaban J connectivity index is 1.79. The van der Waals surface area contributed by atoms with Crippen molar-refractivity contribution in [2.45, 2.75) is 52.7 Å².